The number of nitrogens with zero attached hydrogens (tertiary/aromatic N) is 3. The lowest BCUT2D eigenvalue weighted by atomic mass is 9.99. The molecule has 2 aromatic rings. The van der Waals surface area contributed by atoms with Crippen molar-refractivity contribution in [2.75, 3.05) is 36.5 Å². The maximum Gasteiger partial charge on any atom is 0.134 e. The fourth-order valence-electron chi connectivity index (χ4n) is 3.49. The first-order valence-electron chi connectivity index (χ1n) is 9.13. The van der Waals surface area contributed by atoms with Gasteiger partial charge in [0.1, 0.15) is 18.0 Å². The van der Waals surface area contributed by atoms with Gasteiger partial charge in [0.2, 0.25) is 0 Å². The molecule has 1 aliphatic heterocycles. The second-order valence-electron chi connectivity index (χ2n) is 7.01. The van der Waals surface area contributed by atoms with Crippen molar-refractivity contribution in [3.8, 4) is 0 Å². The number of aliphatic hydroxyl groups is 1. The Balaban J connectivity index is 1.58. The fraction of sp³-hybridized carbons (Fsp3) is 0.500. The van der Waals surface area contributed by atoms with Gasteiger partial charge in [-0.25, -0.2) is 9.97 Å². The molecule has 0 amide bonds. The molecule has 1 saturated heterocycles. The molecule has 2 N–H and O–H groups in total. The van der Waals surface area contributed by atoms with E-state index in [1.165, 1.54) is 16.7 Å². The molecule has 0 radical (unpaired) electrons. The van der Waals surface area contributed by atoms with E-state index in [-0.39, 0.29) is 6.61 Å². The molecule has 1 fully saturated rings. The van der Waals surface area contributed by atoms with Crippen molar-refractivity contribution in [2.45, 2.75) is 33.1 Å². The predicted octanol–water partition coefficient (Wildman–Crippen LogP) is 2.96. The van der Waals surface area contributed by atoms with Crippen molar-refractivity contribution in [3.63, 3.8) is 0 Å². The minimum atomic E-state index is 0.253. The number of aromatic nitrogens is 2. The number of aryl methyl sites for hydroxylation is 2. The summed E-state index contributed by atoms with van der Waals surface area (Å²) in [5.41, 5.74) is 4.01. The van der Waals surface area contributed by atoms with E-state index in [1.807, 2.05) is 6.07 Å². The standard InChI is InChI=1S/C20H28N4O/c1-15-5-6-18(16(2)10-15)7-8-21-19-11-20(23-14-22-19)24-9-3-4-17(12-24)13-25/h5-6,10-11,14,17,25H,3-4,7-9,12-13H2,1-2H3,(H,21,22,23). The summed E-state index contributed by atoms with van der Waals surface area (Å²) in [6.45, 7) is 7.26. The highest BCUT2D eigenvalue weighted by molar-refractivity contribution is 5.49. The van der Waals surface area contributed by atoms with Crippen LogP contribution in [-0.2, 0) is 6.42 Å². The zero-order chi connectivity index (χ0) is 17.6. The average Bonchev–Trinajstić information content (AvgIpc) is 2.64. The van der Waals surface area contributed by atoms with Gasteiger partial charge in [0.25, 0.3) is 0 Å². The molecule has 0 aliphatic carbocycles. The van der Waals surface area contributed by atoms with Gasteiger partial charge in [-0.05, 0) is 50.2 Å². The van der Waals surface area contributed by atoms with Crippen molar-refractivity contribution < 1.29 is 5.11 Å². The van der Waals surface area contributed by atoms with Crippen LogP contribution in [0, 0.1) is 19.8 Å². The lowest BCUT2D eigenvalue weighted by molar-refractivity contribution is 0.208. The van der Waals surface area contributed by atoms with E-state index in [9.17, 15) is 5.11 Å². The topological polar surface area (TPSA) is 61.3 Å². The summed E-state index contributed by atoms with van der Waals surface area (Å²) in [5, 5.41) is 12.8. The Kier molecular flexibility index (Phi) is 5.87. The van der Waals surface area contributed by atoms with Gasteiger partial charge in [-0.1, -0.05) is 23.8 Å². The molecular formula is C20H28N4O. The zero-order valence-electron chi connectivity index (χ0n) is 15.2. The smallest absolute Gasteiger partial charge is 0.134 e. The minimum Gasteiger partial charge on any atom is -0.396 e. The maximum atomic E-state index is 9.40. The molecule has 5 nitrogen and oxygen atoms in total. The van der Waals surface area contributed by atoms with Crippen LogP contribution >= 0.6 is 0 Å². The van der Waals surface area contributed by atoms with Gasteiger partial charge in [0, 0.05) is 32.3 Å². The van der Waals surface area contributed by atoms with E-state index in [4.69, 9.17) is 0 Å². The van der Waals surface area contributed by atoms with Gasteiger partial charge in [0.15, 0.2) is 0 Å². The van der Waals surface area contributed by atoms with Gasteiger partial charge >= 0.3 is 0 Å². The monoisotopic (exact) mass is 340 g/mol. The van der Waals surface area contributed by atoms with E-state index in [0.29, 0.717) is 5.92 Å². The summed E-state index contributed by atoms with van der Waals surface area (Å²) in [5.74, 6) is 2.16. The first-order chi connectivity index (χ1) is 12.2. The van der Waals surface area contributed by atoms with Crippen molar-refractivity contribution in [1.29, 1.82) is 0 Å². The van der Waals surface area contributed by atoms with Crippen LogP contribution in [0.15, 0.2) is 30.6 Å². The van der Waals surface area contributed by atoms with Crippen molar-refractivity contribution in [1.82, 2.24) is 9.97 Å². The maximum absolute atomic E-state index is 9.40. The zero-order valence-corrected chi connectivity index (χ0v) is 15.2. The lowest BCUT2D eigenvalue weighted by Crippen LogP contribution is -2.37. The third-order valence-electron chi connectivity index (χ3n) is 4.95. The second-order valence-corrected chi connectivity index (χ2v) is 7.01. The third-order valence-corrected chi connectivity index (χ3v) is 4.95. The Hall–Kier alpha value is -2.14. The lowest BCUT2D eigenvalue weighted by Gasteiger charge is -2.32. The Labute approximate surface area is 150 Å². The highest BCUT2D eigenvalue weighted by Gasteiger charge is 2.20. The van der Waals surface area contributed by atoms with Gasteiger partial charge in [-0.2, -0.15) is 0 Å². The van der Waals surface area contributed by atoms with Crippen LogP contribution in [0.2, 0.25) is 0 Å². The summed E-state index contributed by atoms with van der Waals surface area (Å²) in [4.78, 5) is 11.0. The number of nitrogens with one attached hydrogen (secondary N) is 1. The van der Waals surface area contributed by atoms with E-state index in [0.717, 1.165) is 50.5 Å². The Morgan fingerprint density at radius 2 is 2.12 bits per heavy atom. The van der Waals surface area contributed by atoms with Gasteiger partial charge in [-0.15, -0.1) is 0 Å². The van der Waals surface area contributed by atoms with Crippen LogP contribution in [0.5, 0.6) is 0 Å². The molecular weight excluding hydrogens is 312 g/mol. The van der Waals surface area contributed by atoms with Crippen molar-refractivity contribution in [2.24, 2.45) is 5.92 Å². The number of benzene rings is 1. The Morgan fingerprint density at radius 3 is 2.92 bits per heavy atom. The summed E-state index contributed by atoms with van der Waals surface area (Å²) in [7, 11) is 0. The molecule has 134 valence electrons. The summed E-state index contributed by atoms with van der Waals surface area (Å²) < 4.78 is 0. The molecule has 1 aromatic carbocycles. The summed E-state index contributed by atoms with van der Waals surface area (Å²) in [6.07, 6.45) is 4.79. The molecule has 25 heavy (non-hydrogen) atoms. The van der Waals surface area contributed by atoms with Crippen LogP contribution in [0.3, 0.4) is 0 Å². The molecule has 3 rings (SSSR count). The number of rotatable bonds is 6. The molecule has 1 aliphatic rings. The van der Waals surface area contributed by atoms with Crippen LogP contribution in [0.25, 0.3) is 0 Å². The minimum absolute atomic E-state index is 0.253. The van der Waals surface area contributed by atoms with Crippen molar-refractivity contribution in [3.05, 3.63) is 47.3 Å². The molecule has 2 heterocycles. The predicted molar refractivity (Wildman–Crippen MR) is 102 cm³/mol. The van der Waals surface area contributed by atoms with E-state index < -0.39 is 0 Å². The molecule has 1 aromatic heterocycles. The van der Waals surface area contributed by atoms with Crippen LogP contribution in [0.1, 0.15) is 29.5 Å². The largest absolute Gasteiger partial charge is 0.396 e. The van der Waals surface area contributed by atoms with Crippen LogP contribution < -0.4 is 10.2 Å². The molecule has 1 unspecified atom stereocenters. The average molecular weight is 340 g/mol. The number of hydrogen-bond acceptors (Lipinski definition) is 5. The third kappa shape index (κ3) is 4.69. The molecule has 0 spiro atoms. The number of hydrogen-bond donors (Lipinski definition) is 2. The van der Waals surface area contributed by atoms with E-state index in [1.54, 1.807) is 6.33 Å². The molecule has 0 bridgehead atoms. The number of piperidine rings is 1. The summed E-state index contributed by atoms with van der Waals surface area (Å²) >= 11 is 0. The molecule has 5 heteroatoms. The first-order valence-corrected chi connectivity index (χ1v) is 9.13. The second kappa shape index (κ2) is 8.30. The normalized spacial score (nSPS) is 17.6. The highest BCUT2D eigenvalue weighted by atomic mass is 16.3. The van der Waals surface area contributed by atoms with Crippen LogP contribution in [-0.4, -0.2) is 41.3 Å². The van der Waals surface area contributed by atoms with Gasteiger partial charge in [0.05, 0.1) is 0 Å². The Bertz CT molecular complexity index is 704. The number of aliphatic hydroxyl groups excluding tert-OH is 1. The van der Waals surface area contributed by atoms with Crippen molar-refractivity contribution >= 4 is 11.6 Å². The van der Waals surface area contributed by atoms with Crippen LogP contribution in [0.4, 0.5) is 11.6 Å². The first kappa shape index (κ1) is 17.7. The summed E-state index contributed by atoms with van der Waals surface area (Å²) in [6, 6.07) is 8.62. The quantitative estimate of drug-likeness (QED) is 0.846. The molecule has 1 atom stereocenters. The molecule has 0 saturated carbocycles. The van der Waals surface area contributed by atoms with Gasteiger partial charge < -0.3 is 15.3 Å². The highest BCUT2D eigenvalue weighted by Crippen LogP contribution is 2.22. The van der Waals surface area contributed by atoms with E-state index >= 15 is 0 Å². The van der Waals surface area contributed by atoms with E-state index in [2.05, 4.69) is 52.2 Å². The number of anilines is 2. The fourth-order valence-corrected chi connectivity index (χ4v) is 3.49. The van der Waals surface area contributed by atoms with Gasteiger partial charge in [-0.3, -0.25) is 0 Å². The Morgan fingerprint density at radius 1 is 1.24 bits per heavy atom. The SMILES string of the molecule is Cc1ccc(CCNc2cc(N3CCCC(CO)C3)ncn2)c(C)c1.